The lowest BCUT2D eigenvalue weighted by atomic mass is 9.81. The third-order valence-corrected chi connectivity index (χ3v) is 5.47. The van der Waals surface area contributed by atoms with Crippen molar-refractivity contribution < 1.29 is 14.3 Å². The smallest absolute Gasteiger partial charge is 0.258 e. The number of nitrogens with zero attached hydrogens (tertiary/aromatic N) is 4. The van der Waals surface area contributed by atoms with E-state index in [1.165, 1.54) is 5.56 Å². The number of ether oxygens (including phenoxy) is 1. The van der Waals surface area contributed by atoms with Gasteiger partial charge in [-0.15, -0.1) is 5.10 Å². The zero-order valence-electron chi connectivity index (χ0n) is 13.8. The predicted octanol–water partition coefficient (Wildman–Crippen LogP) is 1.30. The Labute approximate surface area is 144 Å². The van der Waals surface area contributed by atoms with Crippen LogP contribution in [0.3, 0.4) is 0 Å². The molecule has 3 saturated heterocycles. The van der Waals surface area contributed by atoms with Crippen LogP contribution in [0.4, 0.5) is 5.95 Å². The van der Waals surface area contributed by atoms with Crippen LogP contribution >= 0.6 is 0 Å². The van der Waals surface area contributed by atoms with Crippen LogP contribution in [0.2, 0.25) is 0 Å². The summed E-state index contributed by atoms with van der Waals surface area (Å²) < 4.78 is 7.40. The van der Waals surface area contributed by atoms with Crippen molar-refractivity contribution in [1.29, 1.82) is 0 Å². The molecule has 2 amide bonds. The van der Waals surface area contributed by atoms with Gasteiger partial charge in [0, 0.05) is 0 Å². The highest BCUT2D eigenvalue weighted by atomic mass is 16.5. The second-order valence-corrected chi connectivity index (χ2v) is 7.08. The van der Waals surface area contributed by atoms with Gasteiger partial charge in [0.1, 0.15) is 6.33 Å². The topological polar surface area (TPSA) is 77.3 Å². The van der Waals surface area contributed by atoms with Crippen molar-refractivity contribution >= 4 is 17.8 Å². The standard InChI is InChI=1S/C18H18N4O3/c1-10-2-4-11(5-3-10)8-21-9-19-18(20-21)22-16(23)14-12-6-7-13(25-12)15(14)17(22)24/h2-5,9,12-15H,6-8H2,1H3/t12-,13-,14+,15+/m1/s1. The molecule has 128 valence electrons. The van der Waals surface area contributed by atoms with Crippen LogP contribution in [0, 0.1) is 18.8 Å². The summed E-state index contributed by atoms with van der Waals surface area (Å²) in [6, 6.07) is 8.14. The van der Waals surface area contributed by atoms with Crippen molar-refractivity contribution in [3.8, 4) is 0 Å². The first-order valence-electron chi connectivity index (χ1n) is 8.60. The summed E-state index contributed by atoms with van der Waals surface area (Å²) in [6.07, 6.45) is 3.04. The van der Waals surface area contributed by atoms with Crippen molar-refractivity contribution in [2.45, 2.75) is 38.5 Å². The number of aryl methyl sites for hydroxylation is 1. The Morgan fingerprint density at radius 2 is 1.72 bits per heavy atom. The number of hydrogen-bond donors (Lipinski definition) is 0. The first kappa shape index (κ1) is 14.8. The van der Waals surface area contributed by atoms with Crippen molar-refractivity contribution in [2.75, 3.05) is 4.90 Å². The molecule has 1 aromatic carbocycles. The third kappa shape index (κ3) is 2.15. The zero-order valence-corrected chi connectivity index (χ0v) is 13.8. The van der Waals surface area contributed by atoms with Crippen LogP contribution in [0.25, 0.3) is 0 Å². The second-order valence-electron chi connectivity index (χ2n) is 7.08. The van der Waals surface area contributed by atoms with Crippen LogP contribution in [-0.2, 0) is 20.9 Å². The van der Waals surface area contributed by atoms with E-state index in [-0.39, 0.29) is 41.8 Å². The van der Waals surface area contributed by atoms with Gasteiger partial charge in [0.05, 0.1) is 30.6 Å². The van der Waals surface area contributed by atoms with Gasteiger partial charge in [-0.1, -0.05) is 29.8 Å². The van der Waals surface area contributed by atoms with Gasteiger partial charge in [-0.05, 0) is 25.3 Å². The van der Waals surface area contributed by atoms with Gasteiger partial charge in [0.25, 0.3) is 5.95 Å². The molecule has 7 nitrogen and oxygen atoms in total. The Kier molecular flexibility index (Phi) is 3.09. The number of anilines is 1. The van der Waals surface area contributed by atoms with Crippen LogP contribution in [-0.4, -0.2) is 38.8 Å². The highest BCUT2D eigenvalue weighted by Crippen LogP contribution is 2.48. The molecule has 0 saturated carbocycles. The summed E-state index contributed by atoms with van der Waals surface area (Å²) in [5.74, 6) is -0.952. The van der Waals surface area contributed by atoms with Gasteiger partial charge in [0.2, 0.25) is 11.8 Å². The normalized spacial score (nSPS) is 30.4. The van der Waals surface area contributed by atoms with Gasteiger partial charge in [-0.2, -0.15) is 4.98 Å². The summed E-state index contributed by atoms with van der Waals surface area (Å²) in [6.45, 7) is 2.58. The van der Waals surface area contributed by atoms with E-state index in [0.717, 1.165) is 23.3 Å². The molecule has 25 heavy (non-hydrogen) atoms. The van der Waals surface area contributed by atoms with E-state index >= 15 is 0 Å². The molecule has 0 N–H and O–H groups in total. The number of amides is 2. The number of carbonyl (C=O) groups excluding carboxylic acids is 2. The summed E-state index contributed by atoms with van der Waals surface area (Å²) in [5.41, 5.74) is 2.28. The summed E-state index contributed by atoms with van der Waals surface area (Å²) >= 11 is 0. The molecule has 0 unspecified atom stereocenters. The Morgan fingerprint density at radius 3 is 2.36 bits per heavy atom. The average molecular weight is 338 g/mol. The van der Waals surface area contributed by atoms with E-state index < -0.39 is 0 Å². The number of fused-ring (bicyclic) bond motifs is 5. The molecule has 4 atom stereocenters. The molecule has 2 bridgehead atoms. The second kappa shape index (κ2) is 5.23. The lowest BCUT2D eigenvalue weighted by Gasteiger charge is -2.14. The van der Waals surface area contributed by atoms with Crippen molar-refractivity contribution in [2.24, 2.45) is 11.8 Å². The molecular weight excluding hydrogens is 320 g/mol. The number of rotatable bonds is 3. The number of carbonyl (C=O) groups is 2. The number of aromatic nitrogens is 3. The molecule has 0 spiro atoms. The van der Waals surface area contributed by atoms with Gasteiger partial charge in [-0.25, -0.2) is 9.58 Å². The van der Waals surface area contributed by atoms with Gasteiger partial charge in [0.15, 0.2) is 0 Å². The predicted molar refractivity (Wildman–Crippen MR) is 87.7 cm³/mol. The SMILES string of the molecule is Cc1ccc(Cn2cnc(N3C(=O)[C@@H]4[C@@H](C3=O)[C@H]3CC[C@H]4O3)n2)cc1. The molecule has 3 aliphatic heterocycles. The van der Waals surface area contributed by atoms with Crippen molar-refractivity contribution in [3.05, 3.63) is 41.7 Å². The summed E-state index contributed by atoms with van der Waals surface area (Å²) in [5, 5.41) is 4.36. The quantitative estimate of drug-likeness (QED) is 0.789. The maximum Gasteiger partial charge on any atom is 0.258 e. The Balaban J connectivity index is 1.39. The maximum atomic E-state index is 12.7. The Morgan fingerprint density at radius 1 is 1.08 bits per heavy atom. The lowest BCUT2D eigenvalue weighted by molar-refractivity contribution is -0.124. The highest BCUT2D eigenvalue weighted by Gasteiger charge is 2.63. The van der Waals surface area contributed by atoms with Crippen LogP contribution < -0.4 is 4.90 Å². The van der Waals surface area contributed by atoms with Crippen molar-refractivity contribution in [3.63, 3.8) is 0 Å². The fraction of sp³-hybridized carbons (Fsp3) is 0.444. The monoisotopic (exact) mass is 338 g/mol. The van der Waals surface area contributed by atoms with E-state index in [2.05, 4.69) is 10.1 Å². The van der Waals surface area contributed by atoms with Gasteiger partial charge in [-0.3, -0.25) is 9.59 Å². The van der Waals surface area contributed by atoms with E-state index in [9.17, 15) is 9.59 Å². The molecule has 1 aromatic heterocycles. The third-order valence-electron chi connectivity index (χ3n) is 5.47. The number of hydrogen-bond acceptors (Lipinski definition) is 5. The molecule has 2 aromatic rings. The Bertz CT molecular complexity index is 831. The molecule has 0 aliphatic carbocycles. The van der Waals surface area contributed by atoms with Gasteiger partial charge < -0.3 is 4.74 Å². The first-order valence-corrected chi connectivity index (χ1v) is 8.60. The number of imide groups is 1. The number of benzene rings is 1. The molecular formula is C18H18N4O3. The van der Waals surface area contributed by atoms with Crippen LogP contribution in [0.5, 0.6) is 0 Å². The van der Waals surface area contributed by atoms with Crippen LogP contribution in [0.15, 0.2) is 30.6 Å². The highest BCUT2D eigenvalue weighted by molar-refractivity contribution is 6.21. The average Bonchev–Trinajstić information content (AvgIpc) is 3.35. The summed E-state index contributed by atoms with van der Waals surface area (Å²) in [7, 11) is 0. The maximum absolute atomic E-state index is 12.7. The largest absolute Gasteiger partial charge is 0.373 e. The molecule has 4 heterocycles. The fourth-order valence-electron chi connectivity index (χ4n) is 4.25. The van der Waals surface area contributed by atoms with E-state index in [1.54, 1.807) is 11.0 Å². The fourth-order valence-corrected chi connectivity index (χ4v) is 4.25. The van der Waals surface area contributed by atoms with Crippen molar-refractivity contribution in [1.82, 2.24) is 14.8 Å². The minimum atomic E-state index is -0.352. The molecule has 3 fully saturated rings. The first-order chi connectivity index (χ1) is 12.1. The van der Waals surface area contributed by atoms with Crippen LogP contribution in [0.1, 0.15) is 24.0 Å². The lowest BCUT2D eigenvalue weighted by Crippen LogP contribution is -2.35. The molecule has 3 aliphatic rings. The minimum absolute atomic E-state index is 0.119. The van der Waals surface area contributed by atoms with Gasteiger partial charge >= 0.3 is 0 Å². The molecule has 0 radical (unpaired) electrons. The molecule has 5 rings (SSSR count). The van der Waals surface area contributed by atoms with E-state index in [4.69, 9.17) is 4.74 Å². The zero-order chi connectivity index (χ0) is 17.1. The molecule has 7 heteroatoms. The minimum Gasteiger partial charge on any atom is -0.373 e. The Hall–Kier alpha value is -2.54. The van der Waals surface area contributed by atoms with E-state index in [0.29, 0.717) is 6.54 Å². The summed E-state index contributed by atoms with van der Waals surface area (Å²) in [4.78, 5) is 30.8. The van der Waals surface area contributed by atoms with E-state index in [1.807, 2.05) is 31.2 Å².